The van der Waals surface area contributed by atoms with Crippen molar-refractivity contribution in [3.63, 3.8) is 0 Å². The number of esters is 1. The predicted molar refractivity (Wildman–Crippen MR) is 327 cm³/mol. The van der Waals surface area contributed by atoms with Crippen LogP contribution in [0.25, 0.3) is 11.1 Å². The Balaban J connectivity index is 1.08. The number of phenolic OH excluding ortho intramolecular Hbond substituents is 6. The number of rotatable bonds is 3. The molecule has 0 radical (unpaired) electrons. The fourth-order valence-electron chi connectivity index (χ4n) is 11.9. The Bertz CT molecular complexity index is 4270. The lowest BCUT2D eigenvalue weighted by Gasteiger charge is -2.39. The van der Waals surface area contributed by atoms with Crippen molar-refractivity contribution < 1.29 is 103 Å². The van der Waals surface area contributed by atoms with Gasteiger partial charge in [-0.2, -0.15) is 0 Å². The molecule has 29 nitrogen and oxygen atoms in total. The summed E-state index contributed by atoms with van der Waals surface area (Å²) in [4.78, 5) is 106. The van der Waals surface area contributed by atoms with Crippen molar-refractivity contribution in [1.29, 1.82) is 0 Å². The second kappa shape index (κ2) is 25.4. The number of aliphatic hydroxyl groups excluding tert-OH is 2. The van der Waals surface area contributed by atoms with Crippen molar-refractivity contribution in [3.05, 3.63) is 166 Å². The monoisotopic (exact) mass is 1300 g/mol. The molecule has 0 aromatic heterocycles. The van der Waals surface area contributed by atoms with Gasteiger partial charge in [-0.25, -0.2) is 4.79 Å². The zero-order chi connectivity index (χ0) is 67.6. The maximum Gasteiger partial charge on any atom is 0.333 e. The number of fused-ring (bicyclic) bond motifs is 14. The predicted octanol–water partition coefficient (Wildman–Crippen LogP) is 3.41. The fourth-order valence-corrected chi connectivity index (χ4v) is 11.9. The van der Waals surface area contributed by atoms with E-state index in [0.29, 0.717) is 0 Å². The molecular weight excluding hydrogens is 1240 g/mol. The molecule has 14 rings (SSSR count). The first-order valence-corrected chi connectivity index (χ1v) is 29.6. The quantitative estimate of drug-likeness (QED) is 0.113. The minimum atomic E-state index is -2.17. The van der Waals surface area contributed by atoms with Gasteiger partial charge in [0.25, 0.3) is 0 Å². The molecule has 0 spiro atoms. The summed E-state index contributed by atoms with van der Waals surface area (Å²) in [6, 6.07) is 9.44. The zero-order valence-electron chi connectivity index (χ0n) is 50.3. The summed E-state index contributed by atoms with van der Waals surface area (Å²) in [5.74, 6) is -13.8. The van der Waals surface area contributed by atoms with E-state index in [1.165, 1.54) is 92.7 Å². The van der Waals surface area contributed by atoms with Crippen LogP contribution >= 0.6 is 0 Å². The van der Waals surface area contributed by atoms with Gasteiger partial charge in [0.05, 0.1) is 19.3 Å². The summed E-state index contributed by atoms with van der Waals surface area (Å²) in [5.41, 5.74) is 11.1. The van der Waals surface area contributed by atoms with E-state index in [1.54, 1.807) is 0 Å². The fraction of sp³-hybridized carbons (Fsp3) is 0.258. The normalized spacial score (nSPS) is 25.8. The van der Waals surface area contributed by atoms with Gasteiger partial charge in [0, 0.05) is 40.8 Å². The minimum absolute atomic E-state index is 0.00324. The van der Waals surface area contributed by atoms with Crippen molar-refractivity contribution in [2.75, 3.05) is 7.11 Å². The first-order valence-electron chi connectivity index (χ1n) is 29.6. The minimum Gasteiger partial charge on any atom is -0.508 e. The van der Waals surface area contributed by atoms with Crippen molar-refractivity contribution in [2.24, 2.45) is 11.5 Å². The lowest BCUT2D eigenvalue weighted by Crippen LogP contribution is -2.57. The van der Waals surface area contributed by atoms with E-state index < -0.39 is 172 Å². The number of benzene rings is 7. The van der Waals surface area contributed by atoms with Crippen molar-refractivity contribution in [1.82, 2.24) is 31.9 Å². The summed E-state index contributed by atoms with van der Waals surface area (Å²) in [7, 11) is 0.985. The highest BCUT2D eigenvalue weighted by Gasteiger charge is 2.45. The van der Waals surface area contributed by atoms with Crippen molar-refractivity contribution in [3.8, 4) is 80.1 Å². The Morgan fingerprint density at radius 3 is 1.71 bits per heavy atom. The van der Waals surface area contributed by atoms with E-state index in [2.05, 4.69) is 31.9 Å². The van der Waals surface area contributed by atoms with Gasteiger partial charge in [-0.15, -0.1) is 0 Å². The van der Waals surface area contributed by atoms with Crippen LogP contribution in [0.2, 0.25) is 0 Å². The SMILES string of the molecule is COC(=O)[C@H]1NC(=O)[C@H]2NC(=O)[C@H](NC(=O)[C@@H]3NC(=O)C4NC(=O)[C@H](NC(=O)[C@@H](N)c5ccc(O)c(c5)Oc5cc4cc(O)c5C)[C@H](O)c4ccc(cc4)Oc4cc3cc(c4O)Oc3ccc(cc3)C2O[C@H]2C[C@H](N)[C@@H](O)[C@H](C)O2)c2ccc(O)c(c2)-c2c(O)cc(O)cc21. The van der Waals surface area contributed by atoms with Crippen LogP contribution in [-0.2, 0) is 47.8 Å². The first kappa shape index (κ1) is 63.9. The molecular formula is C66H62N8O21. The lowest BCUT2D eigenvalue weighted by molar-refractivity contribution is -0.243. The number of hydrogen-bond acceptors (Lipinski definition) is 23. The Kier molecular flexibility index (Phi) is 17.1. The largest absolute Gasteiger partial charge is 0.508 e. The molecule has 2 unspecified atom stereocenters. The molecule has 1 fully saturated rings. The third-order valence-electron chi connectivity index (χ3n) is 17.1. The van der Waals surface area contributed by atoms with Crippen LogP contribution in [0.4, 0.5) is 0 Å². The molecule has 492 valence electrons. The molecule has 7 aromatic carbocycles. The zero-order valence-corrected chi connectivity index (χ0v) is 50.3. The van der Waals surface area contributed by atoms with Crippen LogP contribution in [0, 0.1) is 6.92 Å². The van der Waals surface area contributed by atoms with E-state index in [0.717, 1.165) is 49.6 Å². The van der Waals surface area contributed by atoms with E-state index in [4.69, 9.17) is 39.9 Å². The Morgan fingerprint density at radius 1 is 0.526 bits per heavy atom. The highest BCUT2D eigenvalue weighted by atomic mass is 16.7. The summed E-state index contributed by atoms with van der Waals surface area (Å²) in [6.07, 6.45) is -7.32. The number of aromatic hydroxyl groups is 6. The number of nitrogens with two attached hydrogens (primary N) is 2. The van der Waals surface area contributed by atoms with E-state index in [-0.39, 0.29) is 79.5 Å². The van der Waals surface area contributed by atoms with Gasteiger partial charge in [0.2, 0.25) is 41.2 Å². The van der Waals surface area contributed by atoms with Crippen LogP contribution in [0.5, 0.6) is 69.0 Å². The summed E-state index contributed by atoms with van der Waals surface area (Å²) in [5, 5.41) is 108. The van der Waals surface area contributed by atoms with Gasteiger partial charge in [-0.05, 0) is 126 Å². The van der Waals surface area contributed by atoms with Crippen LogP contribution in [0.15, 0.2) is 121 Å². The third-order valence-corrected chi connectivity index (χ3v) is 17.1. The number of aliphatic hydroxyl groups is 2. The van der Waals surface area contributed by atoms with Crippen LogP contribution in [0.3, 0.4) is 0 Å². The number of ether oxygens (including phenoxy) is 6. The molecule has 0 saturated carbocycles. The maximum absolute atomic E-state index is 16.0. The number of nitrogens with one attached hydrogen (secondary N) is 6. The van der Waals surface area contributed by atoms with E-state index >= 15 is 24.0 Å². The van der Waals surface area contributed by atoms with Gasteiger partial charge >= 0.3 is 5.97 Å². The maximum atomic E-state index is 16.0. The Labute approximate surface area is 538 Å². The second-order valence-corrected chi connectivity index (χ2v) is 23.3. The van der Waals surface area contributed by atoms with Gasteiger partial charge in [0.15, 0.2) is 35.3 Å². The number of hydrogen-bond donors (Lipinski definition) is 16. The second-order valence-electron chi connectivity index (χ2n) is 23.3. The third kappa shape index (κ3) is 12.4. The molecule has 18 N–H and O–H groups in total. The topological polar surface area (TPSA) is 461 Å². The number of phenols is 6. The number of amides is 6. The molecule has 7 heterocycles. The van der Waals surface area contributed by atoms with Crippen molar-refractivity contribution >= 4 is 41.4 Å². The van der Waals surface area contributed by atoms with Gasteiger partial charge < -0.3 is 113 Å². The molecule has 7 aliphatic rings. The van der Waals surface area contributed by atoms with Crippen LogP contribution < -0.4 is 57.6 Å². The number of carbonyl (C=O) groups excluding carboxylic acids is 7. The highest BCUT2D eigenvalue weighted by Crippen LogP contribution is 2.48. The average molecular weight is 1300 g/mol. The van der Waals surface area contributed by atoms with Crippen molar-refractivity contribution in [2.45, 2.75) is 99.3 Å². The van der Waals surface area contributed by atoms with Gasteiger partial charge in [-0.1, -0.05) is 36.4 Å². The molecule has 13 atom stereocenters. The number of carbonyl (C=O) groups is 7. The molecule has 7 aromatic rings. The van der Waals surface area contributed by atoms with E-state index in [1.807, 2.05) is 0 Å². The Morgan fingerprint density at radius 2 is 1.06 bits per heavy atom. The first-order chi connectivity index (χ1) is 45.3. The standard InChI is InChI=1S/C66H62N8O21/c1-25-41(78)17-31-19-43(25)94-44-18-29(8-15-40(44)77)49(68)60(83)73-54-57(81)27-4-10-34(11-5-27)92-45-20-32-21-46(58(45)82)93-35-12-6-28(7-13-35)59(95-47-24-38(67)56(80)26(2)91-47)55-65(88)72-53(66(89)90-3)37-22-33(75)23-42(79)48(37)36-16-30(9-14-39(36)76)50(61(84)74-55)69-63(86)52(32)70-62(85)51(31)71-64(54)87/h4-23,26,38,47,49-57,59,75-82H,24,67-68H2,1-3H3,(H,69,86)(H,70,85)(H,71,87)(H,72,88)(H,73,83)(H,74,84)/t26-,38-,47-,49-,50+,51?,52+,53-,54+,55-,56-,57+,59?/m0/s1. The van der Waals surface area contributed by atoms with E-state index in [9.17, 15) is 50.4 Å². The Hall–Kier alpha value is -11.2. The van der Waals surface area contributed by atoms with Gasteiger partial charge in [0.1, 0.15) is 88.7 Å². The lowest BCUT2D eigenvalue weighted by atomic mass is 9.89. The molecule has 95 heavy (non-hydrogen) atoms. The summed E-state index contributed by atoms with van der Waals surface area (Å²) in [6.45, 7) is 2.94. The molecule has 0 aliphatic carbocycles. The van der Waals surface area contributed by atoms with Gasteiger partial charge in [-0.3, -0.25) is 28.8 Å². The molecule has 6 amide bonds. The number of methoxy groups -OCH3 is 1. The average Bonchev–Trinajstić information content (AvgIpc) is 0.784. The molecule has 7 aliphatic heterocycles. The van der Waals surface area contributed by atoms with Crippen LogP contribution in [-0.4, -0.2) is 126 Å². The van der Waals surface area contributed by atoms with Crippen LogP contribution in [0.1, 0.15) is 100 Å². The smallest absolute Gasteiger partial charge is 0.333 e. The summed E-state index contributed by atoms with van der Waals surface area (Å²) < 4.78 is 36.6. The summed E-state index contributed by atoms with van der Waals surface area (Å²) >= 11 is 0. The highest BCUT2D eigenvalue weighted by molar-refractivity contribution is 6.00. The molecule has 29 heteroatoms. The molecule has 17 bridgehead atoms. The molecule has 1 saturated heterocycles.